The fourth-order valence-electron chi connectivity index (χ4n) is 4.53. The number of carbonyl (C=O) groups is 2. The van der Waals surface area contributed by atoms with Gasteiger partial charge in [0, 0.05) is 30.3 Å². The van der Waals surface area contributed by atoms with E-state index in [1.807, 2.05) is 41.8 Å². The molecule has 0 spiro atoms. The molecule has 1 aliphatic carbocycles. The van der Waals surface area contributed by atoms with Gasteiger partial charge in [-0.3, -0.25) is 9.59 Å². The first-order chi connectivity index (χ1) is 15.7. The van der Waals surface area contributed by atoms with Crippen LogP contribution >= 0.6 is 11.3 Å². The van der Waals surface area contributed by atoms with Gasteiger partial charge in [0.1, 0.15) is 0 Å². The van der Waals surface area contributed by atoms with Gasteiger partial charge in [-0.1, -0.05) is 49.0 Å². The summed E-state index contributed by atoms with van der Waals surface area (Å²) in [4.78, 5) is 32.7. The maximum absolute atomic E-state index is 12.8. The van der Waals surface area contributed by atoms with Crippen molar-refractivity contribution in [3.8, 4) is 22.2 Å². The lowest BCUT2D eigenvalue weighted by Gasteiger charge is -2.20. The third kappa shape index (κ3) is 4.46. The molecule has 5 rings (SSSR count). The number of amides is 2. The molecule has 1 unspecified atom stereocenters. The van der Waals surface area contributed by atoms with Crippen LogP contribution in [0.3, 0.4) is 0 Å². The maximum Gasteiger partial charge on any atom is 0.268 e. The van der Waals surface area contributed by atoms with Gasteiger partial charge in [0.15, 0.2) is 0 Å². The van der Waals surface area contributed by atoms with Crippen molar-refractivity contribution in [2.45, 2.75) is 51.0 Å². The van der Waals surface area contributed by atoms with Crippen LogP contribution in [0.4, 0.5) is 5.69 Å². The molecule has 8 heteroatoms. The first-order valence-electron chi connectivity index (χ1n) is 11.3. The van der Waals surface area contributed by atoms with Crippen molar-refractivity contribution in [1.82, 2.24) is 15.5 Å². The molecule has 7 nitrogen and oxygen atoms in total. The third-order valence-corrected chi connectivity index (χ3v) is 7.13. The summed E-state index contributed by atoms with van der Waals surface area (Å²) in [5.41, 5.74) is 1.52. The summed E-state index contributed by atoms with van der Waals surface area (Å²) in [6, 6.07) is 11.6. The molecule has 2 aliphatic rings. The van der Waals surface area contributed by atoms with E-state index in [4.69, 9.17) is 4.52 Å². The largest absolute Gasteiger partial charge is 0.353 e. The van der Waals surface area contributed by atoms with E-state index < -0.39 is 0 Å². The summed E-state index contributed by atoms with van der Waals surface area (Å²) in [5.74, 6) is 0.612. The zero-order valence-electron chi connectivity index (χ0n) is 17.8. The van der Waals surface area contributed by atoms with Crippen molar-refractivity contribution in [2.75, 3.05) is 11.4 Å². The van der Waals surface area contributed by atoms with Gasteiger partial charge in [0.2, 0.25) is 17.6 Å². The molecule has 2 amide bonds. The minimum atomic E-state index is -0.315. The van der Waals surface area contributed by atoms with E-state index in [1.165, 1.54) is 24.2 Å². The number of hydrogen-bond donors (Lipinski definition) is 1. The molecule has 1 saturated carbocycles. The van der Waals surface area contributed by atoms with Gasteiger partial charge in [-0.2, -0.15) is 4.98 Å². The fourth-order valence-corrected chi connectivity index (χ4v) is 5.17. The third-order valence-electron chi connectivity index (χ3n) is 6.27. The molecule has 3 aromatic rings. The van der Waals surface area contributed by atoms with Crippen LogP contribution in [0.5, 0.6) is 0 Å². The van der Waals surface area contributed by atoms with Crippen LogP contribution in [0, 0.1) is 5.92 Å². The highest BCUT2D eigenvalue weighted by atomic mass is 32.1. The number of nitrogens with zero attached hydrogens (tertiary/aromatic N) is 3. The van der Waals surface area contributed by atoms with E-state index in [2.05, 4.69) is 15.5 Å². The minimum Gasteiger partial charge on any atom is -0.353 e. The SMILES string of the molecule is O=C(NC1CCCCCC1)C1CC(=O)N(c2cccc(-c3noc(-c4cccs4)n3)c2)C1. The van der Waals surface area contributed by atoms with E-state index >= 15 is 0 Å². The molecule has 1 aliphatic heterocycles. The second-order valence-electron chi connectivity index (χ2n) is 8.55. The number of carbonyl (C=O) groups excluding carboxylic acids is 2. The highest BCUT2D eigenvalue weighted by molar-refractivity contribution is 7.13. The van der Waals surface area contributed by atoms with Crippen LogP contribution in [0.25, 0.3) is 22.2 Å². The zero-order chi connectivity index (χ0) is 21.9. The molecule has 166 valence electrons. The van der Waals surface area contributed by atoms with Crippen LogP contribution in [0.2, 0.25) is 0 Å². The predicted octanol–water partition coefficient (Wildman–Crippen LogP) is 4.66. The molecular weight excluding hydrogens is 424 g/mol. The average Bonchev–Trinajstić information content (AvgIpc) is 3.53. The number of benzene rings is 1. The lowest BCUT2D eigenvalue weighted by atomic mass is 10.0. The molecule has 0 bridgehead atoms. The minimum absolute atomic E-state index is 0.00246. The summed E-state index contributed by atoms with van der Waals surface area (Å²) in [5, 5.41) is 9.25. The van der Waals surface area contributed by atoms with Crippen LogP contribution in [-0.4, -0.2) is 34.5 Å². The lowest BCUT2D eigenvalue weighted by Crippen LogP contribution is -2.39. The van der Waals surface area contributed by atoms with Crippen molar-refractivity contribution >= 4 is 28.8 Å². The number of aromatic nitrogens is 2. The Balaban J connectivity index is 1.28. The van der Waals surface area contributed by atoms with Gasteiger partial charge in [-0.05, 0) is 36.4 Å². The molecule has 3 heterocycles. The Bertz CT molecular complexity index is 1090. The Morgan fingerprint density at radius 3 is 2.75 bits per heavy atom. The van der Waals surface area contributed by atoms with Crippen molar-refractivity contribution in [2.24, 2.45) is 5.92 Å². The van der Waals surface area contributed by atoms with E-state index in [9.17, 15) is 9.59 Å². The van der Waals surface area contributed by atoms with E-state index in [0.717, 1.165) is 41.8 Å². The quantitative estimate of drug-likeness (QED) is 0.571. The Kier molecular flexibility index (Phi) is 6.03. The topological polar surface area (TPSA) is 88.3 Å². The molecular formula is C24H26N4O3S. The highest BCUT2D eigenvalue weighted by Gasteiger charge is 2.36. The summed E-state index contributed by atoms with van der Waals surface area (Å²) in [7, 11) is 0. The summed E-state index contributed by atoms with van der Waals surface area (Å²) in [6.45, 7) is 0.396. The normalized spacial score (nSPS) is 19.8. The van der Waals surface area contributed by atoms with Crippen molar-refractivity contribution < 1.29 is 14.1 Å². The standard InChI is InChI=1S/C24H26N4O3S/c29-21-14-17(23(30)25-18-8-3-1-2-4-9-18)15-28(21)19-10-5-7-16(13-19)22-26-24(31-27-22)20-11-6-12-32-20/h5-7,10-13,17-18H,1-4,8-9,14-15H2,(H,25,30). The summed E-state index contributed by atoms with van der Waals surface area (Å²) < 4.78 is 5.40. The number of nitrogens with one attached hydrogen (secondary N) is 1. The van der Waals surface area contributed by atoms with Crippen molar-refractivity contribution in [3.63, 3.8) is 0 Å². The van der Waals surface area contributed by atoms with Gasteiger partial charge in [0.25, 0.3) is 5.89 Å². The molecule has 1 N–H and O–H groups in total. The summed E-state index contributed by atoms with van der Waals surface area (Å²) in [6.07, 6.45) is 7.14. The van der Waals surface area contributed by atoms with Crippen molar-refractivity contribution in [1.29, 1.82) is 0 Å². The Morgan fingerprint density at radius 2 is 1.97 bits per heavy atom. The number of anilines is 1. The van der Waals surface area contributed by atoms with Crippen LogP contribution in [0.15, 0.2) is 46.3 Å². The van der Waals surface area contributed by atoms with Crippen LogP contribution in [-0.2, 0) is 9.59 Å². The first-order valence-corrected chi connectivity index (χ1v) is 12.1. The number of thiophene rings is 1. The Hall–Kier alpha value is -3.00. The van der Waals surface area contributed by atoms with Crippen molar-refractivity contribution in [3.05, 3.63) is 41.8 Å². The van der Waals surface area contributed by atoms with E-state index in [1.54, 1.807) is 4.90 Å². The van der Waals surface area contributed by atoms with Gasteiger partial charge >= 0.3 is 0 Å². The maximum atomic E-state index is 12.8. The smallest absolute Gasteiger partial charge is 0.268 e. The molecule has 32 heavy (non-hydrogen) atoms. The second kappa shape index (κ2) is 9.24. The van der Waals surface area contributed by atoms with Gasteiger partial charge < -0.3 is 14.7 Å². The highest BCUT2D eigenvalue weighted by Crippen LogP contribution is 2.30. The number of rotatable bonds is 5. The average molecular weight is 451 g/mol. The second-order valence-corrected chi connectivity index (χ2v) is 9.50. The Morgan fingerprint density at radius 1 is 1.12 bits per heavy atom. The molecule has 1 aromatic carbocycles. The molecule has 1 atom stereocenters. The van der Waals surface area contributed by atoms with Gasteiger partial charge in [-0.15, -0.1) is 11.3 Å². The monoisotopic (exact) mass is 450 g/mol. The molecule has 0 radical (unpaired) electrons. The van der Waals surface area contributed by atoms with Gasteiger partial charge in [0.05, 0.1) is 10.8 Å². The van der Waals surface area contributed by atoms with Crippen LogP contribution in [0.1, 0.15) is 44.9 Å². The fraction of sp³-hybridized carbons (Fsp3) is 0.417. The van der Waals surface area contributed by atoms with Gasteiger partial charge in [-0.25, -0.2) is 0 Å². The lowest BCUT2D eigenvalue weighted by molar-refractivity contribution is -0.127. The number of hydrogen-bond acceptors (Lipinski definition) is 6. The predicted molar refractivity (Wildman–Crippen MR) is 123 cm³/mol. The zero-order valence-corrected chi connectivity index (χ0v) is 18.6. The molecule has 2 fully saturated rings. The molecule has 1 saturated heterocycles. The van der Waals surface area contributed by atoms with E-state index in [-0.39, 0.29) is 30.2 Å². The first kappa shape index (κ1) is 20.9. The Labute approximate surface area is 190 Å². The van der Waals surface area contributed by atoms with E-state index in [0.29, 0.717) is 18.3 Å². The summed E-state index contributed by atoms with van der Waals surface area (Å²) >= 11 is 1.54. The molecule has 2 aromatic heterocycles. The van der Waals surface area contributed by atoms with Crippen LogP contribution < -0.4 is 10.2 Å².